The number of amides is 2. The van der Waals surface area contributed by atoms with Gasteiger partial charge < -0.3 is 15.2 Å². The van der Waals surface area contributed by atoms with Crippen LogP contribution in [0.25, 0.3) is 10.7 Å². The molecule has 0 aliphatic rings. The van der Waals surface area contributed by atoms with Crippen LogP contribution in [-0.2, 0) is 16.0 Å². The molecule has 8 heteroatoms. The highest BCUT2D eigenvalue weighted by Gasteiger charge is 2.12. The average Bonchev–Trinajstić information content (AvgIpc) is 3.31. The molecule has 140 valence electrons. The van der Waals surface area contributed by atoms with Crippen LogP contribution < -0.4 is 10.6 Å². The normalized spacial score (nSPS) is 10.8. The van der Waals surface area contributed by atoms with E-state index in [1.54, 1.807) is 24.3 Å². The number of hydrogen-bond acceptors (Lipinski definition) is 6. The van der Waals surface area contributed by atoms with E-state index in [0.29, 0.717) is 29.5 Å². The first kappa shape index (κ1) is 18.8. The van der Waals surface area contributed by atoms with Crippen LogP contribution in [0.2, 0.25) is 0 Å². The van der Waals surface area contributed by atoms with E-state index < -0.39 is 0 Å². The van der Waals surface area contributed by atoms with E-state index in [1.165, 1.54) is 11.3 Å². The Kier molecular flexibility index (Phi) is 5.97. The summed E-state index contributed by atoms with van der Waals surface area (Å²) in [6.45, 7) is 3.64. The zero-order chi connectivity index (χ0) is 19.2. The van der Waals surface area contributed by atoms with Gasteiger partial charge in [0.25, 0.3) is 0 Å². The van der Waals surface area contributed by atoms with Gasteiger partial charge in [0.2, 0.25) is 23.5 Å². The van der Waals surface area contributed by atoms with Crippen molar-refractivity contribution in [1.82, 2.24) is 10.1 Å². The van der Waals surface area contributed by atoms with Crippen molar-refractivity contribution in [1.29, 1.82) is 0 Å². The number of rotatable bonds is 7. The summed E-state index contributed by atoms with van der Waals surface area (Å²) >= 11 is 1.53. The number of carbonyl (C=O) groups is 2. The number of aryl methyl sites for hydroxylation is 1. The Morgan fingerprint density at radius 1 is 1.15 bits per heavy atom. The summed E-state index contributed by atoms with van der Waals surface area (Å²) in [5.41, 5.74) is 1.26. The smallest absolute Gasteiger partial charge is 0.227 e. The molecule has 7 nitrogen and oxygen atoms in total. The molecule has 1 aromatic carbocycles. The molecule has 2 amide bonds. The fourth-order valence-electron chi connectivity index (χ4n) is 2.27. The zero-order valence-corrected chi connectivity index (χ0v) is 15.9. The Bertz CT molecular complexity index is 919. The van der Waals surface area contributed by atoms with Gasteiger partial charge in [-0.05, 0) is 29.6 Å². The first-order chi connectivity index (χ1) is 13.0. The van der Waals surface area contributed by atoms with Gasteiger partial charge in [0.1, 0.15) is 0 Å². The Labute approximate surface area is 160 Å². The Hall–Kier alpha value is -3.00. The number of nitrogens with zero attached hydrogens (tertiary/aromatic N) is 2. The second-order valence-electron chi connectivity index (χ2n) is 6.26. The second-order valence-corrected chi connectivity index (χ2v) is 7.21. The molecule has 0 aliphatic heterocycles. The van der Waals surface area contributed by atoms with Crippen LogP contribution in [0, 0.1) is 5.92 Å². The molecule has 0 saturated heterocycles. The van der Waals surface area contributed by atoms with Crippen molar-refractivity contribution in [2.75, 3.05) is 10.6 Å². The second kappa shape index (κ2) is 8.59. The third-order valence-corrected chi connectivity index (χ3v) is 4.58. The van der Waals surface area contributed by atoms with E-state index in [9.17, 15) is 9.59 Å². The van der Waals surface area contributed by atoms with Gasteiger partial charge in [-0.3, -0.25) is 9.59 Å². The standard InChI is InChI=1S/C19H20N4O3S/c1-12(2)19(25)21-14-6-3-5-13(11-14)20-16(24)8-9-17-22-18(23-26-17)15-7-4-10-27-15/h3-7,10-12H,8-9H2,1-2H3,(H,20,24)(H,21,25). The first-order valence-electron chi connectivity index (χ1n) is 8.58. The summed E-state index contributed by atoms with van der Waals surface area (Å²) < 4.78 is 5.19. The van der Waals surface area contributed by atoms with Crippen molar-refractivity contribution in [3.63, 3.8) is 0 Å². The number of thiophene rings is 1. The molecular formula is C19H20N4O3S. The summed E-state index contributed by atoms with van der Waals surface area (Å²) in [6.07, 6.45) is 0.572. The van der Waals surface area contributed by atoms with E-state index in [-0.39, 0.29) is 24.2 Å². The van der Waals surface area contributed by atoms with Gasteiger partial charge in [0.15, 0.2) is 0 Å². The molecule has 0 saturated carbocycles. The maximum absolute atomic E-state index is 12.2. The van der Waals surface area contributed by atoms with Gasteiger partial charge in [0, 0.05) is 30.1 Å². The molecule has 0 aliphatic carbocycles. The molecule has 27 heavy (non-hydrogen) atoms. The molecule has 0 bridgehead atoms. The topological polar surface area (TPSA) is 97.1 Å². The molecule has 2 heterocycles. The quantitative estimate of drug-likeness (QED) is 0.642. The first-order valence-corrected chi connectivity index (χ1v) is 9.46. The minimum absolute atomic E-state index is 0.0728. The molecule has 0 atom stereocenters. The number of hydrogen-bond donors (Lipinski definition) is 2. The number of nitrogens with one attached hydrogen (secondary N) is 2. The number of aromatic nitrogens is 2. The maximum atomic E-state index is 12.2. The lowest BCUT2D eigenvalue weighted by Gasteiger charge is -2.10. The highest BCUT2D eigenvalue weighted by atomic mass is 32.1. The lowest BCUT2D eigenvalue weighted by molar-refractivity contribution is -0.119. The third kappa shape index (κ3) is 5.24. The van der Waals surface area contributed by atoms with Gasteiger partial charge in [-0.15, -0.1) is 11.3 Å². The highest BCUT2D eigenvalue weighted by molar-refractivity contribution is 7.13. The number of anilines is 2. The van der Waals surface area contributed by atoms with E-state index in [1.807, 2.05) is 31.4 Å². The Morgan fingerprint density at radius 3 is 2.63 bits per heavy atom. The van der Waals surface area contributed by atoms with Gasteiger partial charge >= 0.3 is 0 Å². The zero-order valence-electron chi connectivity index (χ0n) is 15.1. The van der Waals surface area contributed by atoms with Crippen LogP contribution >= 0.6 is 11.3 Å². The van der Waals surface area contributed by atoms with Crippen LogP contribution in [0.5, 0.6) is 0 Å². The van der Waals surface area contributed by atoms with Crippen molar-refractivity contribution in [2.24, 2.45) is 5.92 Å². The molecule has 0 unspecified atom stereocenters. The molecule has 0 spiro atoms. The predicted octanol–water partition coefficient (Wildman–Crippen LogP) is 3.96. The van der Waals surface area contributed by atoms with E-state index in [0.717, 1.165) is 4.88 Å². The van der Waals surface area contributed by atoms with Crippen LogP contribution in [0.4, 0.5) is 11.4 Å². The monoisotopic (exact) mass is 384 g/mol. The summed E-state index contributed by atoms with van der Waals surface area (Å²) in [5.74, 6) is 0.604. The van der Waals surface area contributed by atoms with Crippen molar-refractivity contribution >= 4 is 34.5 Å². The maximum Gasteiger partial charge on any atom is 0.227 e. The molecule has 2 N–H and O–H groups in total. The largest absolute Gasteiger partial charge is 0.339 e. The molecule has 2 aromatic heterocycles. The summed E-state index contributed by atoms with van der Waals surface area (Å²) in [6, 6.07) is 10.9. The Balaban J connectivity index is 1.53. The van der Waals surface area contributed by atoms with Crippen LogP contribution in [0.1, 0.15) is 26.2 Å². The van der Waals surface area contributed by atoms with Gasteiger partial charge in [-0.25, -0.2) is 0 Å². The summed E-state index contributed by atoms with van der Waals surface area (Å²) in [7, 11) is 0. The SMILES string of the molecule is CC(C)C(=O)Nc1cccc(NC(=O)CCc2nc(-c3cccs3)no2)c1. The lowest BCUT2D eigenvalue weighted by Crippen LogP contribution is -2.18. The minimum Gasteiger partial charge on any atom is -0.339 e. The van der Waals surface area contributed by atoms with Crippen molar-refractivity contribution in [3.05, 3.63) is 47.7 Å². The van der Waals surface area contributed by atoms with E-state index in [2.05, 4.69) is 20.8 Å². The highest BCUT2D eigenvalue weighted by Crippen LogP contribution is 2.21. The van der Waals surface area contributed by atoms with E-state index in [4.69, 9.17) is 4.52 Å². The minimum atomic E-state index is -0.168. The fourth-order valence-corrected chi connectivity index (χ4v) is 2.92. The molecule has 0 radical (unpaired) electrons. The molecule has 0 fully saturated rings. The fraction of sp³-hybridized carbons (Fsp3) is 0.263. The van der Waals surface area contributed by atoms with E-state index >= 15 is 0 Å². The number of benzene rings is 1. The van der Waals surface area contributed by atoms with Crippen LogP contribution in [0.15, 0.2) is 46.3 Å². The number of carbonyl (C=O) groups excluding carboxylic acids is 2. The van der Waals surface area contributed by atoms with Crippen molar-refractivity contribution in [2.45, 2.75) is 26.7 Å². The molecule has 3 aromatic rings. The van der Waals surface area contributed by atoms with Gasteiger partial charge in [-0.2, -0.15) is 4.98 Å². The van der Waals surface area contributed by atoms with Crippen molar-refractivity contribution < 1.29 is 14.1 Å². The van der Waals surface area contributed by atoms with Crippen LogP contribution in [0.3, 0.4) is 0 Å². The summed E-state index contributed by atoms with van der Waals surface area (Å²) in [4.78, 5) is 29.2. The predicted molar refractivity (Wildman–Crippen MR) is 104 cm³/mol. The van der Waals surface area contributed by atoms with Gasteiger partial charge in [-0.1, -0.05) is 31.1 Å². The van der Waals surface area contributed by atoms with Gasteiger partial charge in [0.05, 0.1) is 4.88 Å². The van der Waals surface area contributed by atoms with Crippen LogP contribution in [-0.4, -0.2) is 22.0 Å². The molecular weight excluding hydrogens is 364 g/mol. The summed E-state index contributed by atoms with van der Waals surface area (Å²) in [5, 5.41) is 11.5. The lowest BCUT2D eigenvalue weighted by atomic mass is 10.2. The third-order valence-electron chi connectivity index (χ3n) is 3.71. The molecule has 3 rings (SSSR count). The Morgan fingerprint density at radius 2 is 1.93 bits per heavy atom. The average molecular weight is 384 g/mol. The van der Waals surface area contributed by atoms with Crippen molar-refractivity contribution in [3.8, 4) is 10.7 Å².